The van der Waals surface area contributed by atoms with E-state index in [9.17, 15) is 9.59 Å². The number of carbonyl (C=O) groups excluding carboxylic acids is 1. The van der Waals surface area contributed by atoms with Gasteiger partial charge in [-0.05, 0) is 32.1 Å². The molecule has 1 aliphatic carbocycles. The summed E-state index contributed by atoms with van der Waals surface area (Å²) in [5, 5.41) is 9.16. The monoisotopic (exact) mass is 198 g/mol. The fourth-order valence-electron chi connectivity index (χ4n) is 2.18. The average Bonchev–Trinajstić information content (AvgIpc) is 2.16. The predicted octanol–water partition coefficient (Wildman–Crippen LogP) is 2.25. The van der Waals surface area contributed by atoms with E-state index in [-0.39, 0.29) is 11.7 Å². The smallest absolute Gasteiger partial charge is 0.309 e. The normalized spacial score (nSPS) is 27.0. The van der Waals surface area contributed by atoms with Crippen LogP contribution in [0.1, 0.15) is 46.0 Å². The number of hydrogen-bond donors (Lipinski definition) is 1. The lowest BCUT2D eigenvalue weighted by atomic mass is 9.68. The first-order chi connectivity index (χ1) is 6.50. The van der Waals surface area contributed by atoms with Gasteiger partial charge < -0.3 is 5.11 Å². The Balaban J connectivity index is 2.78. The molecule has 0 saturated heterocycles. The van der Waals surface area contributed by atoms with E-state index in [1.54, 1.807) is 6.92 Å². The molecule has 2 unspecified atom stereocenters. The second kappa shape index (κ2) is 4.11. The summed E-state index contributed by atoms with van der Waals surface area (Å²) in [6.45, 7) is 3.64. The van der Waals surface area contributed by atoms with Crippen molar-refractivity contribution in [2.75, 3.05) is 0 Å². The summed E-state index contributed by atoms with van der Waals surface area (Å²) in [5.41, 5.74) is -0.712. The summed E-state index contributed by atoms with van der Waals surface area (Å²) in [5.74, 6) is -0.506. The lowest BCUT2D eigenvalue weighted by Gasteiger charge is -2.35. The van der Waals surface area contributed by atoms with Gasteiger partial charge in [-0.3, -0.25) is 9.59 Å². The Hall–Kier alpha value is -0.860. The third-order valence-electron chi connectivity index (χ3n) is 3.61. The number of aliphatic carboxylic acids is 1. The third kappa shape index (κ3) is 1.97. The molecule has 0 spiro atoms. The first-order valence-electron chi connectivity index (χ1n) is 5.25. The zero-order valence-electron chi connectivity index (χ0n) is 8.88. The fraction of sp³-hybridized carbons (Fsp3) is 0.818. The first-order valence-corrected chi connectivity index (χ1v) is 5.25. The van der Waals surface area contributed by atoms with E-state index in [1.807, 2.05) is 6.92 Å². The van der Waals surface area contributed by atoms with E-state index >= 15 is 0 Å². The molecule has 0 aliphatic heterocycles. The van der Waals surface area contributed by atoms with Crippen LogP contribution in [0.5, 0.6) is 0 Å². The number of ketones is 1. The summed E-state index contributed by atoms with van der Waals surface area (Å²) >= 11 is 0. The van der Waals surface area contributed by atoms with Gasteiger partial charge in [-0.25, -0.2) is 0 Å². The van der Waals surface area contributed by atoms with Crippen LogP contribution in [0.4, 0.5) is 0 Å². The van der Waals surface area contributed by atoms with Crippen molar-refractivity contribution in [2.24, 2.45) is 11.3 Å². The highest BCUT2D eigenvalue weighted by atomic mass is 16.4. The highest BCUT2D eigenvalue weighted by Gasteiger charge is 2.41. The van der Waals surface area contributed by atoms with Crippen molar-refractivity contribution in [3.8, 4) is 0 Å². The van der Waals surface area contributed by atoms with Gasteiger partial charge in [0.1, 0.15) is 5.78 Å². The molecule has 0 radical (unpaired) electrons. The molecule has 2 atom stereocenters. The van der Waals surface area contributed by atoms with Crippen molar-refractivity contribution in [1.82, 2.24) is 0 Å². The van der Waals surface area contributed by atoms with Gasteiger partial charge in [0.25, 0.3) is 0 Å². The van der Waals surface area contributed by atoms with E-state index in [0.29, 0.717) is 19.3 Å². The number of Topliss-reactive ketones (excluding diaryl/α,β-unsaturated/α-hetero) is 1. The largest absolute Gasteiger partial charge is 0.481 e. The minimum atomic E-state index is -0.764. The van der Waals surface area contributed by atoms with Gasteiger partial charge in [0, 0.05) is 12.8 Å². The summed E-state index contributed by atoms with van der Waals surface area (Å²) in [6.07, 6.45) is 3.42. The standard InChI is InChI=1S/C11H18O3/c1-3-11(2,10(13)14)8-5-4-6-9(12)7-8/h8H,3-7H2,1-2H3,(H,13,14). The lowest BCUT2D eigenvalue weighted by Crippen LogP contribution is -2.38. The Bertz CT molecular complexity index is 247. The number of rotatable bonds is 3. The molecule has 0 aromatic carbocycles. The van der Waals surface area contributed by atoms with E-state index in [2.05, 4.69) is 0 Å². The molecule has 0 heterocycles. The number of carboxylic acids is 1. The minimum absolute atomic E-state index is 0.0336. The molecule has 1 N–H and O–H groups in total. The minimum Gasteiger partial charge on any atom is -0.481 e. The van der Waals surface area contributed by atoms with Crippen LogP contribution in [-0.4, -0.2) is 16.9 Å². The van der Waals surface area contributed by atoms with E-state index in [1.165, 1.54) is 0 Å². The zero-order chi connectivity index (χ0) is 10.8. The van der Waals surface area contributed by atoms with Crippen LogP contribution in [0.2, 0.25) is 0 Å². The number of carbonyl (C=O) groups is 2. The summed E-state index contributed by atoms with van der Waals surface area (Å²) in [7, 11) is 0. The van der Waals surface area contributed by atoms with Crippen LogP contribution in [0.15, 0.2) is 0 Å². The van der Waals surface area contributed by atoms with Crippen LogP contribution in [0.3, 0.4) is 0 Å². The first kappa shape index (κ1) is 11.2. The summed E-state index contributed by atoms with van der Waals surface area (Å²) in [6, 6.07) is 0. The molecule has 1 fully saturated rings. The van der Waals surface area contributed by atoms with E-state index in [4.69, 9.17) is 5.11 Å². The van der Waals surface area contributed by atoms with Crippen molar-refractivity contribution in [3.05, 3.63) is 0 Å². The van der Waals surface area contributed by atoms with Crippen molar-refractivity contribution in [2.45, 2.75) is 46.0 Å². The molecule has 0 amide bonds. The Morgan fingerprint density at radius 1 is 1.64 bits per heavy atom. The average molecular weight is 198 g/mol. The Labute approximate surface area is 84.5 Å². The van der Waals surface area contributed by atoms with Gasteiger partial charge in [0.2, 0.25) is 0 Å². The van der Waals surface area contributed by atoms with Crippen molar-refractivity contribution in [1.29, 1.82) is 0 Å². The highest BCUT2D eigenvalue weighted by molar-refractivity contribution is 5.81. The van der Waals surface area contributed by atoms with Gasteiger partial charge in [-0.1, -0.05) is 6.92 Å². The molecule has 1 saturated carbocycles. The predicted molar refractivity (Wildman–Crippen MR) is 53.0 cm³/mol. The maximum atomic E-state index is 11.3. The van der Waals surface area contributed by atoms with E-state index < -0.39 is 11.4 Å². The van der Waals surface area contributed by atoms with Gasteiger partial charge in [-0.15, -0.1) is 0 Å². The quantitative estimate of drug-likeness (QED) is 0.756. The Morgan fingerprint density at radius 3 is 2.71 bits per heavy atom. The van der Waals surface area contributed by atoms with Crippen LogP contribution < -0.4 is 0 Å². The maximum Gasteiger partial charge on any atom is 0.309 e. The van der Waals surface area contributed by atoms with Crippen molar-refractivity contribution >= 4 is 11.8 Å². The fourth-order valence-corrected chi connectivity index (χ4v) is 2.18. The summed E-state index contributed by atoms with van der Waals surface area (Å²) in [4.78, 5) is 22.4. The number of hydrogen-bond acceptors (Lipinski definition) is 2. The van der Waals surface area contributed by atoms with Crippen LogP contribution in [0.25, 0.3) is 0 Å². The van der Waals surface area contributed by atoms with Gasteiger partial charge in [0.15, 0.2) is 0 Å². The highest BCUT2D eigenvalue weighted by Crippen LogP contribution is 2.39. The van der Waals surface area contributed by atoms with Crippen molar-refractivity contribution in [3.63, 3.8) is 0 Å². The van der Waals surface area contributed by atoms with E-state index in [0.717, 1.165) is 12.8 Å². The van der Waals surface area contributed by atoms with Crippen molar-refractivity contribution < 1.29 is 14.7 Å². The molecule has 80 valence electrons. The molecule has 3 heteroatoms. The zero-order valence-corrected chi connectivity index (χ0v) is 8.88. The van der Waals surface area contributed by atoms with Crippen LogP contribution in [-0.2, 0) is 9.59 Å². The maximum absolute atomic E-state index is 11.3. The van der Waals surface area contributed by atoms with Crippen LogP contribution >= 0.6 is 0 Å². The molecule has 0 aromatic heterocycles. The van der Waals surface area contributed by atoms with Crippen LogP contribution in [0, 0.1) is 11.3 Å². The molecule has 3 nitrogen and oxygen atoms in total. The Morgan fingerprint density at radius 2 is 2.29 bits per heavy atom. The Kier molecular flexibility index (Phi) is 3.29. The molecular formula is C11H18O3. The molecule has 1 aliphatic rings. The number of carboxylic acid groups (broad SMARTS) is 1. The van der Waals surface area contributed by atoms with Gasteiger partial charge >= 0.3 is 5.97 Å². The summed E-state index contributed by atoms with van der Waals surface area (Å²) < 4.78 is 0. The topological polar surface area (TPSA) is 54.4 Å². The second-order valence-electron chi connectivity index (χ2n) is 4.41. The molecule has 0 bridgehead atoms. The molecular weight excluding hydrogens is 180 g/mol. The molecule has 14 heavy (non-hydrogen) atoms. The second-order valence-corrected chi connectivity index (χ2v) is 4.41. The SMILES string of the molecule is CCC(C)(C(=O)O)C1CCCC(=O)C1. The third-order valence-corrected chi connectivity index (χ3v) is 3.61. The van der Waals surface area contributed by atoms with Gasteiger partial charge in [0.05, 0.1) is 5.41 Å². The lowest BCUT2D eigenvalue weighted by molar-refractivity contribution is -0.153. The van der Waals surface area contributed by atoms with Gasteiger partial charge in [-0.2, -0.15) is 0 Å². The molecule has 0 aromatic rings. The molecule has 1 rings (SSSR count).